The normalized spacial score (nSPS) is 23.7. The Labute approximate surface area is 103 Å². The molecule has 2 rings (SSSR count). The predicted molar refractivity (Wildman–Crippen MR) is 67.7 cm³/mol. The Bertz CT molecular complexity index is 358. The fourth-order valence-corrected chi connectivity index (χ4v) is 2.40. The zero-order chi connectivity index (χ0) is 12.1. The van der Waals surface area contributed by atoms with E-state index in [1.807, 2.05) is 18.2 Å². The molecule has 0 radical (unpaired) electrons. The van der Waals surface area contributed by atoms with Crippen molar-refractivity contribution in [2.24, 2.45) is 5.92 Å². The van der Waals surface area contributed by atoms with Gasteiger partial charge in [0.05, 0.1) is 5.92 Å². The smallest absolute Gasteiger partial charge is 0.309 e. The van der Waals surface area contributed by atoms with Crippen LogP contribution >= 0.6 is 0 Å². The van der Waals surface area contributed by atoms with Crippen molar-refractivity contribution in [3.8, 4) is 0 Å². The first kappa shape index (κ1) is 12.2. The van der Waals surface area contributed by atoms with Crippen LogP contribution in [0.25, 0.3) is 0 Å². The maximum absolute atomic E-state index is 11.7. The van der Waals surface area contributed by atoms with E-state index in [0.717, 1.165) is 32.1 Å². The average molecular weight is 232 g/mol. The summed E-state index contributed by atoms with van der Waals surface area (Å²) in [5.74, 6) is 0.0641. The van der Waals surface area contributed by atoms with Crippen LogP contribution in [0, 0.1) is 5.92 Å². The highest BCUT2D eigenvalue weighted by Crippen LogP contribution is 2.27. The third kappa shape index (κ3) is 3.32. The van der Waals surface area contributed by atoms with E-state index in [9.17, 15) is 4.79 Å². The molecular weight excluding hydrogens is 212 g/mol. The van der Waals surface area contributed by atoms with Crippen LogP contribution in [0.1, 0.15) is 38.2 Å². The molecule has 2 nitrogen and oxygen atoms in total. The Kier molecular flexibility index (Phi) is 4.18. The van der Waals surface area contributed by atoms with Gasteiger partial charge in [-0.05, 0) is 24.8 Å². The van der Waals surface area contributed by atoms with Gasteiger partial charge in [-0.25, -0.2) is 0 Å². The topological polar surface area (TPSA) is 26.3 Å². The second-order valence-electron chi connectivity index (χ2n) is 4.82. The minimum absolute atomic E-state index is 0.00467. The number of cyclic esters (lactones) is 1. The van der Waals surface area contributed by atoms with Crippen LogP contribution in [0.2, 0.25) is 0 Å². The number of hydrogen-bond acceptors (Lipinski definition) is 2. The van der Waals surface area contributed by atoms with E-state index >= 15 is 0 Å². The van der Waals surface area contributed by atoms with Crippen molar-refractivity contribution in [1.29, 1.82) is 0 Å². The average Bonchev–Trinajstić information content (AvgIpc) is 2.69. The van der Waals surface area contributed by atoms with Crippen molar-refractivity contribution >= 4 is 5.97 Å². The fraction of sp³-hybridized carbons (Fsp3) is 0.533. The minimum atomic E-state index is -0.00467. The molecule has 1 aliphatic heterocycles. The molecule has 2 unspecified atom stereocenters. The Morgan fingerprint density at radius 1 is 1.29 bits per heavy atom. The second kappa shape index (κ2) is 5.85. The first-order valence-corrected chi connectivity index (χ1v) is 6.54. The summed E-state index contributed by atoms with van der Waals surface area (Å²) in [7, 11) is 0. The van der Waals surface area contributed by atoms with Crippen LogP contribution in [-0.4, -0.2) is 12.1 Å². The zero-order valence-corrected chi connectivity index (χ0v) is 10.4. The summed E-state index contributed by atoms with van der Waals surface area (Å²) < 4.78 is 5.41. The maximum Gasteiger partial charge on any atom is 0.309 e. The molecular formula is C15H20O2. The SMILES string of the molecule is CCCCC1CC(Cc2ccccc2)C(=O)O1. The van der Waals surface area contributed by atoms with E-state index in [4.69, 9.17) is 4.74 Å². The number of ether oxygens (including phenoxy) is 1. The number of esters is 1. The van der Waals surface area contributed by atoms with Gasteiger partial charge in [0.2, 0.25) is 0 Å². The third-order valence-corrected chi connectivity index (χ3v) is 3.37. The van der Waals surface area contributed by atoms with Crippen molar-refractivity contribution < 1.29 is 9.53 Å². The molecule has 92 valence electrons. The van der Waals surface area contributed by atoms with Gasteiger partial charge in [0, 0.05) is 0 Å². The molecule has 0 amide bonds. The van der Waals surface area contributed by atoms with Crippen molar-refractivity contribution in [3.63, 3.8) is 0 Å². The van der Waals surface area contributed by atoms with Crippen molar-refractivity contribution in [2.75, 3.05) is 0 Å². The standard InChI is InChI=1S/C15H20O2/c1-2-3-9-14-11-13(15(16)17-14)10-12-7-5-4-6-8-12/h4-8,13-14H,2-3,9-11H2,1H3. The summed E-state index contributed by atoms with van der Waals surface area (Å²) in [6.07, 6.45) is 5.22. The van der Waals surface area contributed by atoms with Gasteiger partial charge >= 0.3 is 5.97 Å². The van der Waals surface area contributed by atoms with Crippen molar-refractivity contribution in [3.05, 3.63) is 35.9 Å². The lowest BCUT2D eigenvalue weighted by Crippen LogP contribution is -2.10. The van der Waals surface area contributed by atoms with Gasteiger partial charge in [-0.2, -0.15) is 0 Å². The van der Waals surface area contributed by atoms with Crippen LogP contribution in [0.3, 0.4) is 0 Å². The van der Waals surface area contributed by atoms with Crippen LogP contribution in [0.15, 0.2) is 30.3 Å². The second-order valence-corrected chi connectivity index (χ2v) is 4.82. The number of rotatable bonds is 5. The van der Waals surface area contributed by atoms with Crippen LogP contribution in [-0.2, 0) is 16.0 Å². The van der Waals surface area contributed by atoms with E-state index in [0.29, 0.717) is 0 Å². The molecule has 0 spiro atoms. The largest absolute Gasteiger partial charge is 0.462 e. The van der Waals surface area contributed by atoms with Gasteiger partial charge in [-0.15, -0.1) is 0 Å². The summed E-state index contributed by atoms with van der Waals surface area (Å²) in [4.78, 5) is 11.7. The molecule has 1 aliphatic rings. The van der Waals surface area contributed by atoms with Gasteiger partial charge in [-0.3, -0.25) is 4.79 Å². The van der Waals surface area contributed by atoms with Gasteiger partial charge < -0.3 is 4.74 Å². The quantitative estimate of drug-likeness (QED) is 0.728. The Morgan fingerprint density at radius 3 is 2.76 bits per heavy atom. The van der Waals surface area contributed by atoms with E-state index in [1.54, 1.807) is 0 Å². The lowest BCUT2D eigenvalue weighted by molar-refractivity contribution is -0.144. The highest BCUT2D eigenvalue weighted by molar-refractivity contribution is 5.75. The number of unbranched alkanes of at least 4 members (excludes halogenated alkanes) is 1. The van der Waals surface area contributed by atoms with Crippen molar-refractivity contribution in [2.45, 2.75) is 45.1 Å². The summed E-state index contributed by atoms with van der Waals surface area (Å²) in [6, 6.07) is 10.2. The van der Waals surface area contributed by atoms with E-state index in [1.165, 1.54) is 5.56 Å². The third-order valence-electron chi connectivity index (χ3n) is 3.37. The number of hydrogen-bond donors (Lipinski definition) is 0. The number of carbonyl (C=O) groups excluding carboxylic acids is 1. The summed E-state index contributed by atoms with van der Waals surface area (Å²) >= 11 is 0. The van der Waals surface area contributed by atoms with Gasteiger partial charge in [0.25, 0.3) is 0 Å². The molecule has 1 heterocycles. The Morgan fingerprint density at radius 2 is 2.06 bits per heavy atom. The predicted octanol–water partition coefficient (Wildman–Crippen LogP) is 3.35. The Balaban J connectivity index is 1.88. The molecule has 0 saturated carbocycles. The molecule has 1 fully saturated rings. The molecule has 1 aromatic rings. The van der Waals surface area contributed by atoms with E-state index in [2.05, 4.69) is 19.1 Å². The minimum Gasteiger partial charge on any atom is -0.462 e. The molecule has 0 aliphatic carbocycles. The zero-order valence-electron chi connectivity index (χ0n) is 10.4. The molecule has 17 heavy (non-hydrogen) atoms. The first-order valence-electron chi connectivity index (χ1n) is 6.54. The summed E-state index contributed by atoms with van der Waals surface area (Å²) in [6.45, 7) is 2.16. The summed E-state index contributed by atoms with van der Waals surface area (Å²) in [5.41, 5.74) is 1.23. The summed E-state index contributed by atoms with van der Waals surface area (Å²) in [5, 5.41) is 0. The molecule has 0 bridgehead atoms. The molecule has 1 aromatic carbocycles. The lowest BCUT2D eigenvalue weighted by Gasteiger charge is -2.06. The maximum atomic E-state index is 11.7. The first-order chi connectivity index (χ1) is 8.29. The van der Waals surface area contributed by atoms with Crippen LogP contribution in [0.5, 0.6) is 0 Å². The van der Waals surface area contributed by atoms with Crippen molar-refractivity contribution in [1.82, 2.24) is 0 Å². The van der Waals surface area contributed by atoms with Crippen LogP contribution < -0.4 is 0 Å². The van der Waals surface area contributed by atoms with Crippen LogP contribution in [0.4, 0.5) is 0 Å². The van der Waals surface area contributed by atoms with Gasteiger partial charge in [0.15, 0.2) is 0 Å². The molecule has 0 aromatic heterocycles. The van der Waals surface area contributed by atoms with Gasteiger partial charge in [0.1, 0.15) is 6.10 Å². The fourth-order valence-electron chi connectivity index (χ4n) is 2.40. The highest BCUT2D eigenvalue weighted by Gasteiger charge is 2.33. The molecule has 2 heteroatoms. The number of benzene rings is 1. The van der Waals surface area contributed by atoms with Gasteiger partial charge in [-0.1, -0.05) is 50.1 Å². The monoisotopic (exact) mass is 232 g/mol. The number of carbonyl (C=O) groups is 1. The molecule has 1 saturated heterocycles. The van der Waals surface area contributed by atoms with E-state index in [-0.39, 0.29) is 18.0 Å². The van der Waals surface area contributed by atoms with E-state index < -0.39 is 0 Å². The Hall–Kier alpha value is -1.31. The lowest BCUT2D eigenvalue weighted by atomic mass is 9.95. The molecule has 2 atom stereocenters. The highest BCUT2D eigenvalue weighted by atomic mass is 16.5. The molecule has 0 N–H and O–H groups in total.